The van der Waals surface area contributed by atoms with Crippen LogP contribution in [0, 0.1) is 0 Å². The Morgan fingerprint density at radius 2 is 1.75 bits per heavy atom. The normalized spacial score (nSPS) is 18.4. The number of Topliss-reactive ketones (excluding diaryl/α,β-unsaturated/α-hetero) is 1. The van der Waals surface area contributed by atoms with Gasteiger partial charge in [0.2, 0.25) is 5.91 Å². The van der Waals surface area contributed by atoms with E-state index in [0.29, 0.717) is 17.0 Å². The van der Waals surface area contributed by atoms with Crippen LogP contribution in [0.4, 0.5) is 0 Å². The lowest BCUT2D eigenvalue weighted by Crippen LogP contribution is -2.70. The smallest absolute Gasteiger partial charge is 0.356 e. The summed E-state index contributed by atoms with van der Waals surface area (Å²) in [7, 11) is 0. The summed E-state index contributed by atoms with van der Waals surface area (Å²) in [5.41, 5.74) is 2.90. The van der Waals surface area contributed by atoms with Crippen molar-refractivity contribution in [1.29, 1.82) is 0 Å². The first-order valence-corrected chi connectivity index (χ1v) is 15.3. The van der Waals surface area contributed by atoms with Crippen molar-refractivity contribution in [3.05, 3.63) is 100 Å². The summed E-state index contributed by atoms with van der Waals surface area (Å²) in [4.78, 5) is 52.6. The molecule has 2 atom stereocenters. The summed E-state index contributed by atoms with van der Waals surface area (Å²) in [6.07, 6.45) is 2.44. The van der Waals surface area contributed by atoms with Gasteiger partial charge in [0, 0.05) is 11.1 Å². The van der Waals surface area contributed by atoms with Crippen LogP contribution in [-0.4, -0.2) is 60.6 Å². The van der Waals surface area contributed by atoms with Gasteiger partial charge in [-0.05, 0) is 34.3 Å². The van der Waals surface area contributed by atoms with E-state index in [1.54, 1.807) is 17.5 Å². The summed E-state index contributed by atoms with van der Waals surface area (Å²) < 4.78 is 9.97. The molecule has 0 radical (unpaired) electrons. The number of nitrogens with zero attached hydrogens (tertiary/aromatic N) is 3. The second-order valence-corrected chi connectivity index (χ2v) is 11.2. The van der Waals surface area contributed by atoms with Crippen LogP contribution >= 0.6 is 39.2 Å². The van der Waals surface area contributed by atoms with Crippen LogP contribution in [0.1, 0.15) is 29.3 Å². The number of ether oxygens (including phenoxy) is 1. The topological polar surface area (TPSA) is 119 Å². The number of carbonyl (C=O) groups is 4. The minimum absolute atomic E-state index is 0.0518. The Hall–Kier alpha value is -3.61. The average molecular weight is 640 g/mol. The van der Waals surface area contributed by atoms with E-state index in [4.69, 9.17) is 4.74 Å². The van der Waals surface area contributed by atoms with E-state index in [0.717, 1.165) is 11.1 Å². The number of esters is 1. The van der Waals surface area contributed by atoms with Crippen molar-refractivity contribution in [1.82, 2.24) is 19.8 Å². The number of benzene rings is 2. The third-order valence-corrected chi connectivity index (χ3v) is 8.73. The Labute approximate surface area is 247 Å². The van der Waals surface area contributed by atoms with E-state index >= 15 is 0 Å². The van der Waals surface area contributed by atoms with Gasteiger partial charge in [0.15, 0.2) is 11.9 Å². The molecule has 9 nitrogen and oxygen atoms in total. The fourth-order valence-electron chi connectivity index (χ4n) is 4.39. The average Bonchev–Trinajstić information content (AvgIpc) is 3.51. The predicted molar refractivity (Wildman–Crippen MR) is 155 cm³/mol. The van der Waals surface area contributed by atoms with Crippen molar-refractivity contribution in [2.24, 2.45) is 0 Å². The highest BCUT2D eigenvalue weighted by Gasteiger charge is 2.54. The number of β-lactam (4-membered cyclic amide) rings is 1. The van der Waals surface area contributed by atoms with Gasteiger partial charge < -0.3 is 10.1 Å². The van der Waals surface area contributed by atoms with E-state index in [1.807, 2.05) is 60.7 Å². The van der Waals surface area contributed by atoms with Crippen LogP contribution in [0.2, 0.25) is 0 Å². The maximum Gasteiger partial charge on any atom is 0.356 e. The fraction of sp³-hybridized carbons (Fsp3) is 0.214. The number of ketones is 1. The van der Waals surface area contributed by atoms with E-state index in [1.165, 1.54) is 28.2 Å². The minimum atomic E-state index is -0.851. The molecule has 0 spiro atoms. The lowest BCUT2D eigenvalue weighted by Gasteiger charge is -2.49. The van der Waals surface area contributed by atoms with Crippen LogP contribution in [0.3, 0.4) is 0 Å². The van der Waals surface area contributed by atoms with Crippen molar-refractivity contribution in [3.8, 4) is 0 Å². The van der Waals surface area contributed by atoms with Crippen molar-refractivity contribution >= 4 is 68.9 Å². The van der Waals surface area contributed by atoms with E-state index < -0.39 is 35.3 Å². The number of hydrogen-bond donors (Lipinski definition) is 1. The molecule has 2 aromatic carbocycles. The molecule has 3 aromatic rings. The standard InChI is InChI=1S/C28H23BrN4O5S2/c29-14-21(34)13-22(35)30-23-26(36)33-24(19(15-39-27(23)33)11-12-20-16-40-32-31-20)28(37)38-25(17-7-3-1-4-8-17)18-9-5-2-6-10-18/h1-12,16,23,25,27H,13-15H2,(H,30,35)/t23?,27-/m0/s1. The van der Waals surface area contributed by atoms with Crippen molar-refractivity contribution in [2.75, 3.05) is 11.1 Å². The second-order valence-electron chi connectivity index (χ2n) is 8.95. The minimum Gasteiger partial charge on any atom is -0.448 e. The molecule has 3 heterocycles. The zero-order valence-corrected chi connectivity index (χ0v) is 24.2. The number of carbonyl (C=O) groups excluding carboxylic acids is 4. The highest BCUT2D eigenvalue weighted by Crippen LogP contribution is 2.42. The first-order valence-electron chi connectivity index (χ1n) is 12.3. The number of rotatable bonds is 10. The zero-order chi connectivity index (χ0) is 28.1. The van der Waals surface area contributed by atoms with Gasteiger partial charge in [-0.2, -0.15) is 0 Å². The van der Waals surface area contributed by atoms with Crippen LogP contribution in [-0.2, 0) is 23.9 Å². The molecule has 1 fully saturated rings. The van der Waals surface area contributed by atoms with Crippen molar-refractivity contribution < 1.29 is 23.9 Å². The molecule has 2 amide bonds. The van der Waals surface area contributed by atoms with Crippen molar-refractivity contribution in [3.63, 3.8) is 0 Å². The number of nitrogens with one attached hydrogen (secondary N) is 1. The van der Waals surface area contributed by atoms with E-state index in [9.17, 15) is 19.2 Å². The van der Waals surface area contributed by atoms with Gasteiger partial charge in [-0.1, -0.05) is 87.2 Å². The molecule has 0 saturated carbocycles. The molecule has 0 bridgehead atoms. The number of halogens is 1. The third kappa shape index (κ3) is 6.08. The monoisotopic (exact) mass is 638 g/mol. The molecular weight excluding hydrogens is 616 g/mol. The Balaban J connectivity index is 1.45. The lowest BCUT2D eigenvalue weighted by atomic mass is 10.0. The molecular formula is C28H23BrN4O5S2. The largest absolute Gasteiger partial charge is 0.448 e. The van der Waals surface area contributed by atoms with Gasteiger partial charge in [0.05, 0.1) is 17.4 Å². The summed E-state index contributed by atoms with van der Waals surface area (Å²) in [6.45, 7) is 0. The van der Waals surface area contributed by atoms with Gasteiger partial charge >= 0.3 is 5.97 Å². The number of thioether (sulfide) groups is 1. The highest BCUT2D eigenvalue weighted by atomic mass is 79.9. The Morgan fingerprint density at radius 3 is 2.35 bits per heavy atom. The Morgan fingerprint density at radius 1 is 1.07 bits per heavy atom. The van der Waals surface area contributed by atoms with Gasteiger partial charge in [-0.15, -0.1) is 16.9 Å². The van der Waals surface area contributed by atoms with Gasteiger partial charge in [0.25, 0.3) is 5.91 Å². The summed E-state index contributed by atoms with van der Waals surface area (Å²) in [6, 6.07) is 17.9. The van der Waals surface area contributed by atoms with Crippen LogP contribution in [0.15, 0.2) is 83.4 Å². The molecule has 1 N–H and O–H groups in total. The SMILES string of the molecule is O=C(CBr)CC(=O)NC1C(=O)N2C(C(=O)OC(c3ccccc3)c3ccccc3)=C(C=Cc3csnn3)CS[C@@H]12. The Kier molecular flexibility index (Phi) is 8.88. The van der Waals surface area contributed by atoms with Crippen LogP contribution < -0.4 is 5.32 Å². The molecule has 40 heavy (non-hydrogen) atoms. The molecule has 204 valence electrons. The van der Waals surface area contributed by atoms with Gasteiger partial charge in [-0.25, -0.2) is 4.79 Å². The van der Waals surface area contributed by atoms with E-state index in [-0.39, 0.29) is 23.2 Å². The van der Waals surface area contributed by atoms with Gasteiger partial charge in [-0.3, -0.25) is 19.3 Å². The van der Waals surface area contributed by atoms with Gasteiger partial charge in [0.1, 0.15) is 17.1 Å². The fourth-order valence-corrected chi connectivity index (χ4v) is 6.33. The third-order valence-electron chi connectivity index (χ3n) is 6.28. The predicted octanol–water partition coefficient (Wildman–Crippen LogP) is 3.89. The number of fused-ring (bicyclic) bond motifs is 1. The molecule has 1 saturated heterocycles. The van der Waals surface area contributed by atoms with Crippen molar-refractivity contribution in [2.45, 2.75) is 23.9 Å². The quantitative estimate of drug-likeness (QED) is 0.154. The number of alkyl halides is 1. The number of aromatic nitrogens is 2. The number of amides is 2. The maximum atomic E-state index is 13.9. The first kappa shape index (κ1) is 27.9. The molecule has 5 rings (SSSR count). The van der Waals surface area contributed by atoms with Crippen LogP contribution in [0.5, 0.6) is 0 Å². The molecule has 1 unspecified atom stereocenters. The molecule has 1 aromatic heterocycles. The van der Waals surface area contributed by atoms with Crippen LogP contribution in [0.25, 0.3) is 6.08 Å². The molecule has 0 aliphatic carbocycles. The maximum absolute atomic E-state index is 13.9. The summed E-state index contributed by atoms with van der Waals surface area (Å²) in [5, 5.41) is 7.97. The molecule has 12 heteroatoms. The summed E-state index contributed by atoms with van der Waals surface area (Å²) in [5.74, 6) is -1.54. The zero-order valence-electron chi connectivity index (χ0n) is 20.9. The highest BCUT2D eigenvalue weighted by molar-refractivity contribution is 9.09. The summed E-state index contributed by atoms with van der Waals surface area (Å²) >= 11 is 5.66. The lowest BCUT2D eigenvalue weighted by molar-refractivity contribution is -0.154. The number of hydrogen-bond acceptors (Lipinski definition) is 9. The van der Waals surface area contributed by atoms with E-state index in [2.05, 4.69) is 30.8 Å². The molecule has 2 aliphatic rings. The second kappa shape index (κ2) is 12.7. The number of allylic oxidation sites excluding steroid dienone is 1. The Bertz CT molecular complexity index is 1420. The molecule has 2 aliphatic heterocycles. The first-order chi connectivity index (χ1) is 19.5.